The molecule has 0 saturated heterocycles. The molecule has 2 aromatic carbocycles. The number of benzene rings is 2. The van der Waals surface area contributed by atoms with Gasteiger partial charge in [0.2, 0.25) is 5.91 Å². The molecular weight excluding hydrogens is 556 g/mol. The number of hydrogen-bond acceptors (Lipinski definition) is 4. The summed E-state index contributed by atoms with van der Waals surface area (Å²) in [5.41, 5.74) is 3.04. The van der Waals surface area contributed by atoms with Gasteiger partial charge in [-0.2, -0.15) is 0 Å². The molecule has 0 unspecified atom stereocenters. The van der Waals surface area contributed by atoms with E-state index < -0.39 is 0 Å². The molecule has 0 fully saturated rings. The van der Waals surface area contributed by atoms with E-state index in [-0.39, 0.29) is 22.9 Å². The third-order valence-corrected chi connectivity index (χ3v) is 7.56. The van der Waals surface area contributed by atoms with E-state index in [1.165, 1.54) is 76.2 Å². The fourth-order valence-electron chi connectivity index (χ4n) is 4.61. The number of ether oxygens (including phenoxy) is 1. The van der Waals surface area contributed by atoms with Crippen molar-refractivity contribution in [2.24, 2.45) is 0 Å². The zero-order valence-corrected chi connectivity index (χ0v) is 25.7. The minimum absolute atomic E-state index is 0. The summed E-state index contributed by atoms with van der Waals surface area (Å²) >= 11 is 1.81. The van der Waals surface area contributed by atoms with Gasteiger partial charge in [0.15, 0.2) is 0 Å². The van der Waals surface area contributed by atoms with E-state index in [2.05, 4.69) is 40.9 Å². The van der Waals surface area contributed by atoms with E-state index in [0.29, 0.717) is 6.42 Å². The molecule has 6 heteroatoms. The second-order valence-corrected chi connectivity index (χ2v) is 11.0. The van der Waals surface area contributed by atoms with Crippen molar-refractivity contribution in [3.8, 4) is 5.75 Å². The zero-order valence-electron chi connectivity index (χ0n) is 23.2. The summed E-state index contributed by atoms with van der Waals surface area (Å²) in [5.74, 6) is 1.84. The van der Waals surface area contributed by atoms with Gasteiger partial charge in [-0.3, -0.25) is 4.79 Å². The van der Waals surface area contributed by atoms with Gasteiger partial charge < -0.3 is 15.0 Å². The molecule has 1 aliphatic rings. The lowest BCUT2D eigenvalue weighted by Gasteiger charge is -2.14. The molecule has 0 aliphatic carbocycles. The van der Waals surface area contributed by atoms with Gasteiger partial charge in [-0.25, -0.2) is 0 Å². The molecule has 0 bridgehead atoms. The van der Waals surface area contributed by atoms with E-state index in [4.69, 9.17) is 4.74 Å². The zero-order chi connectivity index (χ0) is 26.0. The Morgan fingerprint density at radius 3 is 2.16 bits per heavy atom. The van der Waals surface area contributed by atoms with Gasteiger partial charge in [-0.05, 0) is 47.2 Å². The van der Waals surface area contributed by atoms with E-state index in [9.17, 15) is 4.79 Å². The summed E-state index contributed by atoms with van der Waals surface area (Å²) in [5, 5.41) is 5.13. The molecule has 0 atom stereocenters. The van der Waals surface area contributed by atoms with Crippen LogP contribution < -0.4 is 10.1 Å². The average molecular weight is 604 g/mol. The van der Waals surface area contributed by atoms with Crippen molar-refractivity contribution in [3.63, 3.8) is 0 Å². The molecule has 210 valence electrons. The first-order valence-electron chi connectivity index (χ1n) is 14.4. The van der Waals surface area contributed by atoms with Crippen LogP contribution in [0.25, 0.3) is 0 Å². The van der Waals surface area contributed by atoms with E-state index >= 15 is 0 Å². The lowest BCUT2D eigenvalue weighted by molar-refractivity contribution is -0.115. The van der Waals surface area contributed by atoms with Gasteiger partial charge in [0.05, 0.1) is 18.9 Å². The number of halogens is 1. The van der Waals surface area contributed by atoms with Gasteiger partial charge in [0.1, 0.15) is 5.75 Å². The number of nitrogens with zero attached hydrogens (tertiary/aromatic N) is 1. The lowest BCUT2D eigenvalue weighted by Crippen LogP contribution is -2.15. The normalized spacial score (nSPS) is 12.4. The number of rotatable bonds is 19. The number of amides is 1. The van der Waals surface area contributed by atoms with Crippen LogP contribution in [0.3, 0.4) is 0 Å². The smallest absolute Gasteiger partial charge is 0.228 e. The fraction of sp³-hybridized carbons (Fsp3) is 0.531. The summed E-state index contributed by atoms with van der Waals surface area (Å²) in [6, 6.07) is 16.1. The summed E-state index contributed by atoms with van der Waals surface area (Å²) < 4.78 is 5.96. The third-order valence-electron chi connectivity index (χ3n) is 6.76. The minimum Gasteiger partial charge on any atom is -0.494 e. The summed E-state index contributed by atoms with van der Waals surface area (Å²) in [6.07, 6.45) is 18.6. The second kappa shape index (κ2) is 20.0. The monoisotopic (exact) mass is 602 g/mol. The highest BCUT2D eigenvalue weighted by molar-refractivity contribution is 8.93. The van der Waals surface area contributed by atoms with Crippen LogP contribution in [0.15, 0.2) is 60.1 Å². The highest BCUT2D eigenvalue weighted by Crippen LogP contribution is 2.20. The highest BCUT2D eigenvalue weighted by Gasteiger charge is 2.08. The van der Waals surface area contributed by atoms with Crippen molar-refractivity contribution < 1.29 is 9.53 Å². The van der Waals surface area contributed by atoms with Crippen molar-refractivity contribution in [3.05, 3.63) is 71.3 Å². The van der Waals surface area contributed by atoms with Crippen LogP contribution >= 0.6 is 28.7 Å². The molecule has 1 N–H and O–H groups in total. The number of anilines is 1. The molecule has 38 heavy (non-hydrogen) atoms. The Labute approximate surface area is 245 Å². The van der Waals surface area contributed by atoms with Gasteiger partial charge in [0.25, 0.3) is 0 Å². The average Bonchev–Trinajstić information content (AvgIpc) is 3.41. The Hall–Kier alpha value is -1.92. The number of unbranched alkanes of at least 4 members (excludes halogenated alkanes) is 11. The Morgan fingerprint density at radius 2 is 1.53 bits per heavy atom. The molecule has 0 saturated carbocycles. The third kappa shape index (κ3) is 13.7. The number of thioether (sulfide) groups is 1. The van der Waals surface area contributed by atoms with Crippen LogP contribution in [-0.2, 0) is 17.8 Å². The Morgan fingerprint density at radius 1 is 0.868 bits per heavy atom. The fourth-order valence-corrected chi connectivity index (χ4v) is 5.32. The lowest BCUT2D eigenvalue weighted by atomic mass is 10.1. The molecule has 0 spiro atoms. The summed E-state index contributed by atoms with van der Waals surface area (Å²) in [4.78, 5) is 14.8. The molecule has 0 aromatic heterocycles. The van der Waals surface area contributed by atoms with E-state index in [0.717, 1.165) is 42.4 Å². The first kappa shape index (κ1) is 32.3. The standard InChI is InChI=1S/C32H46N2O2S.BrH/c1-2-3-4-5-6-7-8-9-10-11-12-13-22-36-31-16-14-15-29(24-31)25-32(35)33-30-19-17-28(18-20-30)26-34-21-23-37-27-34;/h14-21,23-24H,2-13,22,25-27H2,1H3,(H,33,35);1H. The first-order valence-corrected chi connectivity index (χ1v) is 15.4. The SMILES string of the molecule is Br.CCCCCCCCCCCCCCOc1cccc(CC(=O)Nc2ccc(CN3C=CSC3)cc2)c1. The molecule has 1 heterocycles. The van der Waals surface area contributed by atoms with Crippen LogP contribution in [-0.4, -0.2) is 23.3 Å². The van der Waals surface area contributed by atoms with Gasteiger partial charge >= 0.3 is 0 Å². The molecule has 4 nitrogen and oxygen atoms in total. The van der Waals surface area contributed by atoms with Crippen molar-refractivity contribution in [1.29, 1.82) is 0 Å². The quantitative estimate of drug-likeness (QED) is 0.162. The maximum Gasteiger partial charge on any atom is 0.228 e. The number of carbonyl (C=O) groups excluding carboxylic acids is 1. The minimum atomic E-state index is -0.00950. The Balaban J connectivity index is 0.00000507. The molecule has 3 rings (SSSR count). The van der Waals surface area contributed by atoms with Crippen molar-refractivity contribution in [2.75, 3.05) is 17.8 Å². The predicted molar refractivity (Wildman–Crippen MR) is 169 cm³/mol. The van der Waals surface area contributed by atoms with Crippen LogP contribution in [0.1, 0.15) is 95.1 Å². The summed E-state index contributed by atoms with van der Waals surface area (Å²) in [6.45, 7) is 3.91. The number of nitrogens with one attached hydrogen (secondary N) is 1. The topological polar surface area (TPSA) is 41.6 Å². The van der Waals surface area contributed by atoms with Crippen LogP contribution in [0, 0.1) is 0 Å². The van der Waals surface area contributed by atoms with Crippen LogP contribution in [0.5, 0.6) is 5.75 Å². The molecule has 1 aliphatic heterocycles. The maximum absolute atomic E-state index is 12.6. The Bertz CT molecular complexity index is 935. The van der Waals surface area contributed by atoms with Gasteiger partial charge in [0, 0.05) is 18.4 Å². The van der Waals surface area contributed by atoms with E-state index in [1.807, 2.05) is 36.4 Å². The van der Waals surface area contributed by atoms with Crippen molar-refractivity contribution in [1.82, 2.24) is 4.90 Å². The summed E-state index contributed by atoms with van der Waals surface area (Å²) in [7, 11) is 0. The highest BCUT2D eigenvalue weighted by atomic mass is 79.9. The maximum atomic E-state index is 12.6. The number of carbonyl (C=O) groups is 1. The first-order chi connectivity index (χ1) is 18.2. The molecule has 0 radical (unpaired) electrons. The number of hydrogen-bond donors (Lipinski definition) is 1. The molecule has 1 amide bonds. The Kier molecular flexibility index (Phi) is 17.0. The van der Waals surface area contributed by atoms with Gasteiger partial charge in [-0.1, -0.05) is 102 Å². The molecular formula is C32H47BrN2O2S. The van der Waals surface area contributed by atoms with Crippen molar-refractivity contribution >= 4 is 40.3 Å². The van der Waals surface area contributed by atoms with Gasteiger partial charge in [-0.15, -0.1) is 28.7 Å². The van der Waals surface area contributed by atoms with E-state index in [1.54, 1.807) is 11.8 Å². The molecule has 2 aromatic rings. The predicted octanol–water partition coefficient (Wildman–Crippen LogP) is 9.50. The van der Waals surface area contributed by atoms with Crippen LogP contribution in [0.4, 0.5) is 5.69 Å². The van der Waals surface area contributed by atoms with Crippen LogP contribution in [0.2, 0.25) is 0 Å². The van der Waals surface area contributed by atoms with Crippen molar-refractivity contribution in [2.45, 2.75) is 96.9 Å². The second-order valence-electron chi connectivity index (χ2n) is 10.1. The largest absolute Gasteiger partial charge is 0.494 e.